The van der Waals surface area contributed by atoms with E-state index in [1.165, 1.54) is 12.1 Å². The van der Waals surface area contributed by atoms with Gasteiger partial charge in [-0.3, -0.25) is 14.6 Å². The zero-order valence-electron chi connectivity index (χ0n) is 27.7. The number of aromatic nitrogens is 1. The van der Waals surface area contributed by atoms with E-state index in [0.717, 1.165) is 22.1 Å². The summed E-state index contributed by atoms with van der Waals surface area (Å²) in [5, 5.41) is 3.62. The van der Waals surface area contributed by atoms with Gasteiger partial charge in [0, 0.05) is 29.2 Å². The number of furan rings is 1. The lowest BCUT2D eigenvalue weighted by Gasteiger charge is -2.26. The summed E-state index contributed by atoms with van der Waals surface area (Å²) in [6.07, 6.45) is 3.44. The Kier molecular flexibility index (Phi) is 10.0. The van der Waals surface area contributed by atoms with Crippen molar-refractivity contribution in [2.75, 3.05) is 5.32 Å². The van der Waals surface area contributed by atoms with E-state index in [-0.39, 0.29) is 16.6 Å². The van der Waals surface area contributed by atoms with Crippen LogP contribution in [0.4, 0.5) is 5.69 Å². The Hall–Kier alpha value is -5.00. The summed E-state index contributed by atoms with van der Waals surface area (Å²) in [6, 6.07) is 21.7. The van der Waals surface area contributed by atoms with E-state index >= 15 is 0 Å². The molecule has 5 rings (SSSR count). The minimum absolute atomic E-state index is 0.0242. The molecule has 0 spiro atoms. The Labute approximate surface area is 280 Å². The SMILES string of the molecule is Cc1c(C(=O)Nc2ccc(-c3ccc(S(=O)(=O)NC(C(=O)OC(C)(C)C)C(C)C)cc3)cc2)oc2cccc(OCc3cccnc3)c12. The lowest BCUT2D eigenvalue weighted by atomic mass is 10.1. The van der Waals surface area contributed by atoms with Gasteiger partial charge in [-0.2, -0.15) is 4.72 Å². The molecule has 1 unspecified atom stereocenters. The summed E-state index contributed by atoms with van der Waals surface area (Å²) >= 11 is 0. The van der Waals surface area contributed by atoms with Crippen LogP contribution in [0.3, 0.4) is 0 Å². The quantitative estimate of drug-likeness (QED) is 0.140. The molecule has 0 saturated carbocycles. The van der Waals surface area contributed by atoms with Crippen LogP contribution >= 0.6 is 0 Å². The van der Waals surface area contributed by atoms with Crippen LogP contribution in [0.5, 0.6) is 5.75 Å². The number of ether oxygens (including phenoxy) is 2. The van der Waals surface area contributed by atoms with E-state index in [0.29, 0.717) is 29.2 Å². The second kappa shape index (κ2) is 14.0. The maximum absolute atomic E-state index is 13.3. The normalized spacial score (nSPS) is 12.6. The number of fused-ring (bicyclic) bond motifs is 1. The van der Waals surface area contributed by atoms with Crippen LogP contribution < -0.4 is 14.8 Å². The van der Waals surface area contributed by atoms with Gasteiger partial charge in [0.1, 0.15) is 29.6 Å². The van der Waals surface area contributed by atoms with Gasteiger partial charge in [0.05, 0.1) is 10.3 Å². The Morgan fingerprint density at radius 1 is 0.917 bits per heavy atom. The minimum atomic E-state index is -4.00. The van der Waals surface area contributed by atoms with E-state index in [1.54, 1.807) is 77.3 Å². The molecule has 1 atom stereocenters. The molecule has 1 amide bonds. The second-order valence-corrected chi connectivity index (χ2v) is 14.5. The van der Waals surface area contributed by atoms with Gasteiger partial charge >= 0.3 is 5.97 Å². The fraction of sp³-hybridized carbons (Fsp3) is 0.270. The molecule has 48 heavy (non-hydrogen) atoms. The summed E-state index contributed by atoms with van der Waals surface area (Å²) < 4.78 is 46.2. The van der Waals surface area contributed by atoms with Crippen LogP contribution in [0.2, 0.25) is 0 Å². The molecule has 0 saturated heterocycles. The highest BCUT2D eigenvalue weighted by Crippen LogP contribution is 2.34. The summed E-state index contributed by atoms with van der Waals surface area (Å²) in [5.74, 6) is -0.557. The van der Waals surface area contributed by atoms with Gasteiger partial charge < -0.3 is 19.2 Å². The van der Waals surface area contributed by atoms with Crippen molar-refractivity contribution in [3.05, 3.63) is 108 Å². The summed E-state index contributed by atoms with van der Waals surface area (Å²) in [7, 11) is -4.00. The number of aryl methyl sites for hydroxylation is 1. The zero-order valence-corrected chi connectivity index (χ0v) is 28.6. The molecule has 0 aliphatic rings. The number of carbonyl (C=O) groups excluding carboxylic acids is 2. The fourth-order valence-corrected chi connectivity index (χ4v) is 6.40. The number of benzene rings is 3. The van der Waals surface area contributed by atoms with E-state index in [4.69, 9.17) is 13.9 Å². The molecule has 0 bridgehead atoms. The minimum Gasteiger partial charge on any atom is -0.488 e. The number of nitrogens with one attached hydrogen (secondary N) is 2. The molecular formula is C37H39N3O7S. The maximum Gasteiger partial charge on any atom is 0.324 e. The standard InChI is InChI=1S/C37H39N3O7S/c1-23(2)33(36(42)47-37(4,5)6)40-48(43,44)29-18-14-27(15-19-29)26-12-16-28(17-13-26)39-35(41)34-24(3)32-30(10-7-11-31(32)46-34)45-22-25-9-8-20-38-21-25/h7-21,23,33,40H,22H2,1-6H3,(H,39,41). The number of amides is 1. The Morgan fingerprint density at radius 3 is 2.19 bits per heavy atom. The van der Waals surface area contributed by atoms with Gasteiger partial charge in [-0.15, -0.1) is 0 Å². The van der Waals surface area contributed by atoms with Crippen molar-refractivity contribution in [1.29, 1.82) is 0 Å². The zero-order chi connectivity index (χ0) is 34.6. The van der Waals surface area contributed by atoms with Crippen molar-refractivity contribution in [3.63, 3.8) is 0 Å². The Bertz CT molecular complexity index is 2010. The summed E-state index contributed by atoms with van der Waals surface area (Å²) in [5.41, 5.74) is 3.52. The highest BCUT2D eigenvalue weighted by molar-refractivity contribution is 7.89. The third kappa shape index (κ3) is 8.10. The van der Waals surface area contributed by atoms with Gasteiger partial charge in [0.15, 0.2) is 5.76 Å². The molecule has 2 N–H and O–H groups in total. The number of carbonyl (C=O) groups is 2. The van der Waals surface area contributed by atoms with Crippen LogP contribution in [0.15, 0.2) is 101 Å². The van der Waals surface area contributed by atoms with Crippen molar-refractivity contribution in [1.82, 2.24) is 9.71 Å². The molecule has 3 aromatic carbocycles. The first kappa shape index (κ1) is 34.3. The van der Waals surface area contributed by atoms with Crippen LogP contribution in [0.1, 0.15) is 56.3 Å². The largest absolute Gasteiger partial charge is 0.488 e. The maximum atomic E-state index is 13.3. The van der Waals surface area contributed by atoms with Crippen molar-refractivity contribution >= 4 is 38.6 Å². The monoisotopic (exact) mass is 669 g/mol. The third-order valence-electron chi connectivity index (χ3n) is 7.49. The van der Waals surface area contributed by atoms with Crippen molar-refractivity contribution in [2.45, 2.75) is 64.7 Å². The number of pyridine rings is 1. The van der Waals surface area contributed by atoms with Crippen LogP contribution in [0, 0.1) is 12.8 Å². The smallest absolute Gasteiger partial charge is 0.324 e. The highest BCUT2D eigenvalue weighted by atomic mass is 32.2. The average molecular weight is 670 g/mol. The first-order chi connectivity index (χ1) is 22.7. The molecule has 0 radical (unpaired) electrons. The predicted molar refractivity (Wildman–Crippen MR) is 184 cm³/mol. The van der Waals surface area contributed by atoms with Crippen LogP contribution in [-0.4, -0.2) is 36.9 Å². The van der Waals surface area contributed by atoms with Gasteiger partial charge in [-0.05, 0) is 87.2 Å². The third-order valence-corrected chi connectivity index (χ3v) is 8.95. The van der Waals surface area contributed by atoms with Gasteiger partial charge in [0.2, 0.25) is 10.0 Å². The lowest BCUT2D eigenvalue weighted by Crippen LogP contribution is -2.47. The predicted octanol–water partition coefficient (Wildman–Crippen LogP) is 7.28. The first-order valence-corrected chi connectivity index (χ1v) is 17.0. The lowest BCUT2D eigenvalue weighted by molar-refractivity contribution is -0.158. The van der Waals surface area contributed by atoms with Crippen molar-refractivity contribution in [2.24, 2.45) is 5.92 Å². The van der Waals surface area contributed by atoms with E-state index < -0.39 is 33.5 Å². The van der Waals surface area contributed by atoms with E-state index in [1.807, 2.05) is 43.3 Å². The van der Waals surface area contributed by atoms with E-state index in [9.17, 15) is 18.0 Å². The molecule has 2 heterocycles. The molecule has 2 aromatic heterocycles. The molecule has 11 heteroatoms. The second-order valence-electron chi connectivity index (χ2n) is 12.8. The highest BCUT2D eigenvalue weighted by Gasteiger charge is 2.32. The summed E-state index contributed by atoms with van der Waals surface area (Å²) in [6.45, 7) is 10.8. The van der Waals surface area contributed by atoms with Crippen LogP contribution in [-0.2, 0) is 26.2 Å². The number of anilines is 1. The summed E-state index contributed by atoms with van der Waals surface area (Å²) in [4.78, 5) is 30.1. The number of hydrogen-bond acceptors (Lipinski definition) is 8. The van der Waals surface area contributed by atoms with Gasteiger partial charge in [-0.1, -0.05) is 50.2 Å². The fourth-order valence-electron chi connectivity index (χ4n) is 5.06. The molecule has 0 fully saturated rings. The number of nitrogens with zero attached hydrogens (tertiary/aromatic N) is 1. The average Bonchev–Trinajstić information content (AvgIpc) is 3.39. The molecule has 10 nitrogen and oxygen atoms in total. The number of rotatable bonds is 11. The van der Waals surface area contributed by atoms with Crippen molar-refractivity contribution < 1.29 is 31.9 Å². The van der Waals surface area contributed by atoms with E-state index in [2.05, 4.69) is 15.0 Å². The van der Waals surface area contributed by atoms with Gasteiger partial charge in [0.25, 0.3) is 5.91 Å². The van der Waals surface area contributed by atoms with Crippen LogP contribution in [0.25, 0.3) is 22.1 Å². The molecule has 5 aromatic rings. The molecule has 250 valence electrons. The number of hydrogen-bond donors (Lipinski definition) is 2. The molecule has 0 aliphatic heterocycles. The molecule has 0 aliphatic carbocycles. The van der Waals surface area contributed by atoms with Crippen molar-refractivity contribution in [3.8, 4) is 16.9 Å². The number of esters is 1. The van der Waals surface area contributed by atoms with Gasteiger partial charge in [-0.25, -0.2) is 8.42 Å². The Balaban J connectivity index is 1.26. The first-order valence-electron chi connectivity index (χ1n) is 15.5. The molecular weight excluding hydrogens is 630 g/mol. The topological polar surface area (TPSA) is 137 Å². The number of sulfonamides is 1. The Morgan fingerprint density at radius 2 is 1.58 bits per heavy atom.